The molecule has 0 radical (unpaired) electrons. The summed E-state index contributed by atoms with van der Waals surface area (Å²) in [5.41, 5.74) is 1.11. The topological polar surface area (TPSA) is 37.0 Å². The minimum absolute atomic E-state index is 0.465. The van der Waals surface area contributed by atoms with Gasteiger partial charge in [0, 0.05) is 25.3 Å². The fourth-order valence-electron chi connectivity index (χ4n) is 1.33. The van der Waals surface area contributed by atoms with E-state index in [0.717, 1.165) is 24.5 Å². The highest BCUT2D eigenvalue weighted by Gasteiger charge is 2.04. The van der Waals surface area contributed by atoms with Gasteiger partial charge in [0.1, 0.15) is 5.82 Å². The van der Waals surface area contributed by atoms with E-state index < -0.39 is 0 Å². The monoisotopic (exact) mass is 255 g/mol. The highest BCUT2D eigenvalue weighted by Crippen LogP contribution is 2.20. The van der Waals surface area contributed by atoms with Crippen LogP contribution in [0.3, 0.4) is 0 Å². The standard InChI is InChI=1S/C13H22ClN3/c1-9(2)6-16-13-12(14)5-11(8-17-13)7-15-10(3)4/h5,8-10,15H,6-7H2,1-4H3,(H,16,17). The first-order valence-electron chi connectivity index (χ1n) is 6.10. The summed E-state index contributed by atoms with van der Waals surface area (Å²) in [5, 5.41) is 7.27. The van der Waals surface area contributed by atoms with E-state index in [1.807, 2.05) is 12.3 Å². The van der Waals surface area contributed by atoms with Crippen molar-refractivity contribution < 1.29 is 0 Å². The third-order valence-corrected chi connectivity index (χ3v) is 2.58. The molecule has 1 rings (SSSR count). The fourth-order valence-corrected chi connectivity index (χ4v) is 1.58. The van der Waals surface area contributed by atoms with Gasteiger partial charge in [0.05, 0.1) is 5.02 Å². The number of pyridine rings is 1. The molecule has 4 heteroatoms. The zero-order chi connectivity index (χ0) is 12.8. The first-order chi connectivity index (χ1) is 7.99. The van der Waals surface area contributed by atoms with Gasteiger partial charge in [-0.2, -0.15) is 0 Å². The highest BCUT2D eigenvalue weighted by atomic mass is 35.5. The van der Waals surface area contributed by atoms with Crippen molar-refractivity contribution in [3.05, 3.63) is 22.8 Å². The summed E-state index contributed by atoms with van der Waals surface area (Å²) in [6.07, 6.45) is 1.86. The molecule has 1 aromatic rings. The van der Waals surface area contributed by atoms with Gasteiger partial charge in [0.15, 0.2) is 0 Å². The van der Waals surface area contributed by atoms with Gasteiger partial charge >= 0.3 is 0 Å². The SMILES string of the molecule is CC(C)CNc1ncc(CNC(C)C)cc1Cl. The van der Waals surface area contributed by atoms with E-state index >= 15 is 0 Å². The number of halogens is 1. The van der Waals surface area contributed by atoms with Crippen LogP contribution < -0.4 is 10.6 Å². The molecule has 0 aliphatic carbocycles. The minimum Gasteiger partial charge on any atom is -0.369 e. The van der Waals surface area contributed by atoms with Crippen LogP contribution in [0.1, 0.15) is 33.3 Å². The molecule has 0 atom stereocenters. The number of anilines is 1. The Kier molecular flexibility index (Phi) is 5.72. The van der Waals surface area contributed by atoms with Crippen molar-refractivity contribution in [1.29, 1.82) is 0 Å². The van der Waals surface area contributed by atoms with Crippen LogP contribution >= 0.6 is 11.6 Å². The zero-order valence-electron chi connectivity index (χ0n) is 11.0. The molecule has 1 heterocycles. The molecule has 0 spiro atoms. The average Bonchev–Trinajstić information content (AvgIpc) is 2.24. The van der Waals surface area contributed by atoms with Gasteiger partial charge in [-0.25, -0.2) is 4.98 Å². The van der Waals surface area contributed by atoms with Gasteiger partial charge in [-0.05, 0) is 17.5 Å². The first kappa shape index (κ1) is 14.3. The molecule has 0 fully saturated rings. The maximum Gasteiger partial charge on any atom is 0.144 e. The van der Waals surface area contributed by atoms with E-state index in [9.17, 15) is 0 Å². The zero-order valence-corrected chi connectivity index (χ0v) is 11.8. The van der Waals surface area contributed by atoms with Crippen LogP contribution in [0.4, 0.5) is 5.82 Å². The van der Waals surface area contributed by atoms with Crippen LogP contribution in [-0.4, -0.2) is 17.6 Å². The Bertz CT molecular complexity index is 351. The van der Waals surface area contributed by atoms with Gasteiger partial charge in [0.25, 0.3) is 0 Å². The smallest absolute Gasteiger partial charge is 0.144 e. The third kappa shape index (κ3) is 5.37. The Hall–Kier alpha value is -0.800. The average molecular weight is 256 g/mol. The fraction of sp³-hybridized carbons (Fsp3) is 0.615. The first-order valence-corrected chi connectivity index (χ1v) is 6.48. The van der Waals surface area contributed by atoms with Crippen molar-refractivity contribution in [1.82, 2.24) is 10.3 Å². The van der Waals surface area contributed by atoms with Crippen molar-refractivity contribution in [2.24, 2.45) is 5.92 Å². The number of hydrogen-bond donors (Lipinski definition) is 2. The van der Waals surface area contributed by atoms with Crippen LogP contribution in [0.2, 0.25) is 5.02 Å². The van der Waals surface area contributed by atoms with Gasteiger partial charge < -0.3 is 10.6 Å². The summed E-state index contributed by atoms with van der Waals surface area (Å²) < 4.78 is 0. The van der Waals surface area contributed by atoms with Crippen molar-refractivity contribution in [3.63, 3.8) is 0 Å². The lowest BCUT2D eigenvalue weighted by atomic mass is 10.2. The molecular weight excluding hydrogens is 234 g/mol. The molecule has 17 heavy (non-hydrogen) atoms. The Morgan fingerprint density at radius 1 is 1.29 bits per heavy atom. The van der Waals surface area contributed by atoms with E-state index in [2.05, 4.69) is 43.3 Å². The van der Waals surface area contributed by atoms with Crippen LogP contribution in [0.5, 0.6) is 0 Å². The Balaban J connectivity index is 2.59. The molecule has 0 unspecified atom stereocenters. The largest absolute Gasteiger partial charge is 0.369 e. The molecule has 2 N–H and O–H groups in total. The second-order valence-corrected chi connectivity index (χ2v) is 5.39. The lowest BCUT2D eigenvalue weighted by molar-refractivity contribution is 0.588. The van der Waals surface area contributed by atoms with Gasteiger partial charge in [-0.1, -0.05) is 39.3 Å². The number of nitrogens with zero attached hydrogens (tertiary/aromatic N) is 1. The van der Waals surface area contributed by atoms with Crippen molar-refractivity contribution in [2.45, 2.75) is 40.3 Å². The Labute approximate surface area is 109 Å². The van der Waals surface area contributed by atoms with E-state index in [4.69, 9.17) is 11.6 Å². The van der Waals surface area contributed by atoms with Gasteiger partial charge in [0.2, 0.25) is 0 Å². The molecule has 3 nitrogen and oxygen atoms in total. The maximum atomic E-state index is 6.18. The molecule has 0 saturated carbocycles. The van der Waals surface area contributed by atoms with Crippen LogP contribution in [0, 0.1) is 5.92 Å². The molecule has 96 valence electrons. The normalized spacial score (nSPS) is 11.2. The quantitative estimate of drug-likeness (QED) is 0.819. The van der Waals surface area contributed by atoms with Gasteiger partial charge in [-0.3, -0.25) is 0 Å². The van der Waals surface area contributed by atoms with Crippen molar-refractivity contribution in [2.75, 3.05) is 11.9 Å². The molecule has 0 saturated heterocycles. The summed E-state index contributed by atoms with van der Waals surface area (Å²) in [5.74, 6) is 1.35. The van der Waals surface area contributed by atoms with Crippen LogP contribution in [0.15, 0.2) is 12.3 Å². The summed E-state index contributed by atoms with van der Waals surface area (Å²) in [4.78, 5) is 4.35. The van der Waals surface area contributed by atoms with Gasteiger partial charge in [-0.15, -0.1) is 0 Å². The van der Waals surface area contributed by atoms with Crippen LogP contribution in [0.25, 0.3) is 0 Å². The van der Waals surface area contributed by atoms with E-state index in [1.165, 1.54) is 0 Å². The molecule has 0 aliphatic heterocycles. The third-order valence-electron chi connectivity index (χ3n) is 2.29. The number of nitrogens with one attached hydrogen (secondary N) is 2. The lowest BCUT2D eigenvalue weighted by Gasteiger charge is -2.12. The molecule has 0 aromatic carbocycles. The molecule has 1 aromatic heterocycles. The molecule has 0 bridgehead atoms. The summed E-state index contributed by atoms with van der Waals surface area (Å²) in [6.45, 7) is 10.2. The molecular formula is C13H22ClN3. The van der Waals surface area contributed by atoms with E-state index in [0.29, 0.717) is 17.0 Å². The Morgan fingerprint density at radius 2 is 2.00 bits per heavy atom. The predicted octanol–water partition coefficient (Wildman–Crippen LogP) is 3.30. The number of hydrogen-bond acceptors (Lipinski definition) is 3. The highest BCUT2D eigenvalue weighted by molar-refractivity contribution is 6.32. The number of rotatable bonds is 6. The number of aromatic nitrogens is 1. The van der Waals surface area contributed by atoms with Crippen LogP contribution in [-0.2, 0) is 6.54 Å². The second kappa shape index (κ2) is 6.82. The summed E-state index contributed by atoms with van der Waals surface area (Å²) >= 11 is 6.18. The van der Waals surface area contributed by atoms with Crippen molar-refractivity contribution in [3.8, 4) is 0 Å². The lowest BCUT2D eigenvalue weighted by Crippen LogP contribution is -2.22. The predicted molar refractivity (Wildman–Crippen MR) is 74.6 cm³/mol. The Morgan fingerprint density at radius 3 is 2.53 bits per heavy atom. The summed E-state index contributed by atoms with van der Waals surface area (Å²) in [6, 6.07) is 2.43. The minimum atomic E-state index is 0.465. The maximum absolute atomic E-state index is 6.18. The van der Waals surface area contributed by atoms with E-state index in [1.54, 1.807) is 0 Å². The molecule has 0 amide bonds. The van der Waals surface area contributed by atoms with E-state index in [-0.39, 0.29) is 0 Å². The second-order valence-electron chi connectivity index (χ2n) is 4.98. The molecule has 0 aliphatic rings. The van der Waals surface area contributed by atoms with Crippen molar-refractivity contribution >= 4 is 17.4 Å². The summed E-state index contributed by atoms with van der Waals surface area (Å²) in [7, 11) is 0.